The average molecular weight is 1050 g/mol. The summed E-state index contributed by atoms with van der Waals surface area (Å²) in [6.07, 6.45) is 1.64. The molecule has 1 aromatic heterocycles. The maximum absolute atomic E-state index is 14.4. The quantitative estimate of drug-likeness (QED) is 0.0329. The van der Waals surface area contributed by atoms with Gasteiger partial charge in [0.2, 0.25) is 35.4 Å². The number of aromatic nitrogens is 1. The molecule has 0 saturated carbocycles. The number of aliphatic hydroxyl groups is 2. The molecule has 0 radical (unpaired) electrons. The lowest BCUT2D eigenvalue weighted by molar-refractivity contribution is -0.141. The normalized spacial score (nSPS) is 19.0. The highest BCUT2D eigenvalue weighted by Gasteiger charge is 2.43. The highest BCUT2D eigenvalue weighted by atomic mass is 33.1. The Morgan fingerprint density at radius 3 is 1.61 bits per heavy atom. The van der Waals surface area contributed by atoms with E-state index in [-0.39, 0.29) is 87.0 Å². The van der Waals surface area contributed by atoms with Crippen molar-refractivity contribution in [2.75, 3.05) is 30.9 Å². The number of rotatable bonds is 25. The van der Waals surface area contributed by atoms with Crippen molar-refractivity contribution in [2.45, 2.75) is 130 Å². The van der Waals surface area contributed by atoms with Crippen molar-refractivity contribution in [1.29, 1.82) is 0 Å². The molecule has 2 saturated heterocycles. The first-order valence-electron chi connectivity index (χ1n) is 24.0. The van der Waals surface area contributed by atoms with Crippen LogP contribution in [0.15, 0.2) is 64.7 Å². The van der Waals surface area contributed by atoms with Crippen LogP contribution in [0.4, 0.5) is 0 Å². The van der Waals surface area contributed by atoms with Crippen molar-refractivity contribution in [3.63, 3.8) is 0 Å². The first-order valence-corrected chi connectivity index (χ1v) is 28.6. The second-order valence-electron chi connectivity index (χ2n) is 18.8. The zero-order valence-electron chi connectivity index (χ0n) is 41.8. The third kappa shape index (κ3) is 16.9. The Morgan fingerprint density at radius 2 is 1.21 bits per heavy atom. The van der Waals surface area contributed by atoms with Crippen LogP contribution in [-0.4, -0.2) is 134 Å². The molecule has 2 fully saturated rings. The molecule has 2 aliphatic rings. The monoisotopic (exact) mass is 1050 g/mol. The molecule has 0 aliphatic carbocycles. The summed E-state index contributed by atoms with van der Waals surface area (Å²) < 4.78 is 0. The lowest BCUT2D eigenvalue weighted by atomic mass is 10.1. The van der Waals surface area contributed by atoms with Crippen LogP contribution in [0.5, 0.6) is 0 Å². The van der Waals surface area contributed by atoms with Crippen molar-refractivity contribution in [3.05, 3.63) is 82.1 Å². The topological polar surface area (TPSA) is 223 Å². The lowest BCUT2D eigenvalue weighted by Crippen LogP contribution is -2.54. The average Bonchev–Trinajstić information content (AvgIpc) is 4.09. The predicted molar refractivity (Wildman–Crippen MR) is 287 cm³/mol. The van der Waals surface area contributed by atoms with Crippen LogP contribution < -0.4 is 21.3 Å². The van der Waals surface area contributed by atoms with Crippen LogP contribution in [0.3, 0.4) is 0 Å². The van der Waals surface area contributed by atoms with E-state index < -0.39 is 60.0 Å². The number of benzene rings is 2. The predicted octanol–water partition coefficient (Wildman–Crippen LogP) is 5.95. The Balaban J connectivity index is 1.25. The Bertz CT molecular complexity index is 2340. The molecule has 2 aromatic carbocycles. The summed E-state index contributed by atoms with van der Waals surface area (Å²) in [5.74, 6) is -2.04. The highest BCUT2D eigenvalue weighted by molar-refractivity contribution is 8.76. The van der Waals surface area contributed by atoms with Gasteiger partial charge in [0.15, 0.2) is 0 Å². The molecule has 71 heavy (non-hydrogen) atoms. The van der Waals surface area contributed by atoms with Crippen LogP contribution in [0.1, 0.15) is 95.5 Å². The van der Waals surface area contributed by atoms with Gasteiger partial charge in [0.05, 0.1) is 34.0 Å². The number of amides is 6. The second-order valence-corrected chi connectivity index (χ2v) is 23.1. The van der Waals surface area contributed by atoms with E-state index in [0.717, 1.165) is 43.4 Å². The fourth-order valence-electron chi connectivity index (χ4n) is 8.25. The van der Waals surface area contributed by atoms with E-state index in [2.05, 4.69) is 38.0 Å². The molecule has 20 heteroatoms. The summed E-state index contributed by atoms with van der Waals surface area (Å²) in [7, 11) is 2.42. The SMILES string of the molecule is C=N/C(C)=C(\SC)c1ccc(CNC(=O)[C@H]2C[C@H](O)CN2C(=O)[C@@H](CSSC[C@H](NC(=O)CCC(C)C)C(=O)N2C[C@H](O)C[C@H]2C(=O)NCc2ccc(-c3scnc3C)cc2)NC(=O)CCC(C)C)cc1. The molecule has 0 unspecified atom stereocenters. The van der Waals surface area contributed by atoms with E-state index >= 15 is 0 Å². The summed E-state index contributed by atoms with van der Waals surface area (Å²) in [5.41, 5.74) is 7.22. The zero-order valence-corrected chi connectivity index (χ0v) is 45.0. The minimum Gasteiger partial charge on any atom is -0.391 e. The highest BCUT2D eigenvalue weighted by Crippen LogP contribution is 2.31. The Labute approximate surface area is 434 Å². The smallest absolute Gasteiger partial charge is 0.246 e. The second kappa shape index (κ2) is 27.9. The number of carbonyl (C=O) groups excluding carboxylic acids is 6. The lowest BCUT2D eigenvalue weighted by Gasteiger charge is -2.29. The fourth-order valence-corrected chi connectivity index (χ4v) is 12.1. The number of hydrogen-bond donors (Lipinski definition) is 6. The van der Waals surface area contributed by atoms with Crippen LogP contribution >= 0.6 is 44.7 Å². The van der Waals surface area contributed by atoms with E-state index in [0.29, 0.717) is 12.8 Å². The number of carbonyl (C=O) groups is 6. The molecule has 6 amide bonds. The first-order chi connectivity index (χ1) is 33.9. The van der Waals surface area contributed by atoms with Gasteiger partial charge in [-0.05, 0) is 73.8 Å². The maximum atomic E-state index is 14.4. The van der Waals surface area contributed by atoms with Gasteiger partial charge in [-0.1, -0.05) is 97.8 Å². The number of hydrogen-bond acceptors (Lipinski definition) is 14. The van der Waals surface area contributed by atoms with Gasteiger partial charge in [0.1, 0.15) is 24.2 Å². The fraction of sp³-hybridized carbons (Fsp3) is 0.529. The van der Waals surface area contributed by atoms with Gasteiger partial charge in [0.25, 0.3) is 0 Å². The number of aryl methyl sites for hydroxylation is 1. The molecule has 16 nitrogen and oxygen atoms in total. The zero-order chi connectivity index (χ0) is 51.8. The van der Waals surface area contributed by atoms with Gasteiger partial charge < -0.3 is 41.3 Å². The molecule has 6 N–H and O–H groups in total. The summed E-state index contributed by atoms with van der Waals surface area (Å²) in [4.78, 5) is 95.8. The van der Waals surface area contributed by atoms with E-state index in [1.807, 2.05) is 96.3 Å². The van der Waals surface area contributed by atoms with Gasteiger partial charge in [-0.2, -0.15) is 0 Å². The van der Waals surface area contributed by atoms with Crippen molar-refractivity contribution in [1.82, 2.24) is 36.1 Å². The summed E-state index contributed by atoms with van der Waals surface area (Å²) in [6.45, 7) is 15.6. The van der Waals surface area contributed by atoms with E-state index in [1.165, 1.54) is 31.4 Å². The van der Waals surface area contributed by atoms with E-state index in [1.54, 1.807) is 28.6 Å². The van der Waals surface area contributed by atoms with Gasteiger partial charge in [-0.15, -0.1) is 23.1 Å². The maximum Gasteiger partial charge on any atom is 0.246 e. The van der Waals surface area contributed by atoms with E-state index in [9.17, 15) is 39.0 Å². The number of thioether (sulfide) groups is 1. The van der Waals surface area contributed by atoms with E-state index in [4.69, 9.17) is 0 Å². The first kappa shape index (κ1) is 57.2. The van der Waals surface area contributed by atoms with Crippen LogP contribution in [0, 0.1) is 18.8 Å². The molecular formula is C51H70N8O8S4. The largest absolute Gasteiger partial charge is 0.391 e. The van der Waals surface area contributed by atoms with Gasteiger partial charge in [-0.3, -0.25) is 33.8 Å². The molecule has 5 rings (SSSR count). The van der Waals surface area contributed by atoms with Crippen LogP contribution in [-0.2, 0) is 41.9 Å². The minimum atomic E-state index is -1.09. The van der Waals surface area contributed by atoms with Gasteiger partial charge >= 0.3 is 0 Å². The molecule has 2 aliphatic heterocycles. The molecule has 3 aromatic rings. The number of thiazole rings is 1. The van der Waals surface area contributed by atoms with Crippen molar-refractivity contribution in [3.8, 4) is 10.4 Å². The number of aliphatic hydroxyl groups excluding tert-OH is 2. The minimum absolute atomic E-state index is 0.0214. The van der Waals surface area contributed by atoms with Gasteiger partial charge in [-0.25, -0.2) is 4.98 Å². The van der Waals surface area contributed by atoms with Crippen molar-refractivity contribution in [2.24, 2.45) is 16.8 Å². The molecule has 0 bridgehead atoms. The molecule has 0 spiro atoms. The number of β-amino-alcohol motifs (C(OH)–C–C–N with tert-alkyl or cyclic N) is 2. The van der Waals surface area contributed by atoms with Crippen molar-refractivity contribution < 1.29 is 39.0 Å². The Hall–Kier alpha value is -4.73. The molecule has 6 atom stereocenters. The number of allylic oxidation sites excluding steroid dienone is 1. The van der Waals surface area contributed by atoms with Crippen LogP contribution in [0.25, 0.3) is 15.3 Å². The Morgan fingerprint density at radius 1 is 0.761 bits per heavy atom. The number of nitrogens with zero attached hydrogens (tertiary/aromatic N) is 4. The summed E-state index contributed by atoms with van der Waals surface area (Å²) in [5, 5.41) is 33.2. The molecule has 386 valence electrons. The number of likely N-dealkylation sites (tertiary alicyclic amines) is 2. The van der Waals surface area contributed by atoms with Crippen LogP contribution in [0.2, 0.25) is 0 Å². The van der Waals surface area contributed by atoms with Gasteiger partial charge in [0, 0.05) is 68.3 Å². The standard InChI is InChI=1S/C51H70N8O8S4/c1-30(2)9-19-44(62)56-40(50(66)58-25-38(60)21-42(58)48(64)53-23-34-11-15-36(16-12-34)46(68-8)32(5)52-7)27-70-71-28-41(57-45(63)20-10-31(3)4)51(67)59-26-39(61)22-43(59)49(65)54-24-35-13-17-37(18-14-35)47-33(6)55-29-69-47/h11-18,29-31,38-43,60-61H,7,9-10,19-28H2,1-6,8H3,(H,53,64)(H,54,65)(H,56,62)(H,57,63)/b46-32-/t38-,39+,40+,41-,42+,43-/m0/s1. The summed E-state index contributed by atoms with van der Waals surface area (Å²) >= 11 is 3.11. The Kier molecular flexibility index (Phi) is 22.5. The third-order valence-electron chi connectivity index (χ3n) is 12.3. The number of aliphatic imine (C=N–C) groups is 1. The third-order valence-corrected chi connectivity index (χ3v) is 16.7. The molecule has 3 heterocycles. The summed E-state index contributed by atoms with van der Waals surface area (Å²) in [6, 6.07) is 11.3. The van der Waals surface area contributed by atoms with Crippen molar-refractivity contribution >= 4 is 91.8 Å². The number of nitrogens with one attached hydrogen (secondary N) is 4. The molecular weight excluding hydrogens is 981 g/mol.